The van der Waals surface area contributed by atoms with Crippen molar-refractivity contribution in [3.63, 3.8) is 0 Å². The summed E-state index contributed by atoms with van der Waals surface area (Å²) in [6, 6.07) is 12.5. The number of benzene rings is 2. The van der Waals surface area contributed by atoms with Crippen LogP contribution in [0.25, 0.3) is 0 Å². The molecule has 0 aliphatic heterocycles. The maximum Gasteiger partial charge on any atom is 0.341 e. The molecule has 1 heterocycles. The molecule has 1 aromatic heterocycles. The van der Waals surface area contributed by atoms with Crippen molar-refractivity contribution in [2.75, 3.05) is 17.2 Å². The molecular weight excluding hydrogens is 500 g/mol. The predicted molar refractivity (Wildman–Crippen MR) is 151 cm³/mol. The van der Waals surface area contributed by atoms with Gasteiger partial charge in [-0.05, 0) is 93.8 Å². The van der Waals surface area contributed by atoms with Crippen LogP contribution in [0.1, 0.15) is 75.9 Å². The normalized spacial score (nSPS) is 13.3. The van der Waals surface area contributed by atoms with E-state index in [0.717, 1.165) is 59.4 Å². The molecule has 200 valence electrons. The van der Waals surface area contributed by atoms with E-state index in [1.807, 2.05) is 32.0 Å². The number of esters is 1. The number of anilines is 2. The summed E-state index contributed by atoms with van der Waals surface area (Å²) in [5.41, 5.74) is 4.79. The predicted octanol–water partition coefficient (Wildman–Crippen LogP) is 6.33. The van der Waals surface area contributed by atoms with Gasteiger partial charge in [-0.3, -0.25) is 9.59 Å². The third-order valence-electron chi connectivity index (χ3n) is 6.66. The van der Waals surface area contributed by atoms with Crippen molar-refractivity contribution in [2.24, 2.45) is 0 Å². The molecular formula is C30H34N2O5S. The van der Waals surface area contributed by atoms with Gasteiger partial charge in [-0.2, -0.15) is 0 Å². The zero-order valence-electron chi connectivity index (χ0n) is 22.3. The maximum absolute atomic E-state index is 13.0. The molecule has 8 heteroatoms. The van der Waals surface area contributed by atoms with Crippen molar-refractivity contribution in [3.05, 3.63) is 75.2 Å². The summed E-state index contributed by atoms with van der Waals surface area (Å²) in [5, 5.41) is 6.44. The minimum atomic E-state index is -0.733. The van der Waals surface area contributed by atoms with Crippen LogP contribution in [0, 0.1) is 6.92 Å². The Labute approximate surface area is 227 Å². The Bertz CT molecular complexity index is 1330. The topological polar surface area (TPSA) is 93.7 Å². The molecule has 2 amide bonds. The minimum absolute atomic E-state index is 0.246. The molecule has 1 aliphatic carbocycles. The lowest BCUT2D eigenvalue weighted by Gasteiger charge is -2.18. The van der Waals surface area contributed by atoms with Crippen molar-refractivity contribution < 1.29 is 23.9 Å². The Morgan fingerprint density at radius 1 is 1.00 bits per heavy atom. The number of nitrogens with one attached hydrogen (secondary N) is 2. The number of hydrogen-bond donors (Lipinski definition) is 2. The number of rotatable bonds is 9. The van der Waals surface area contributed by atoms with E-state index < -0.39 is 12.1 Å². The van der Waals surface area contributed by atoms with Gasteiger partial charge >= 0.3 is 5.97 Å². The summed E-state index contributed by atoms with van der Waals surface area (Å²) in [6.07, 6.45) is 3.90. The fourth-order valence-electron chi connectivity index (χ4n) is 4.62. The van der Waals surface area contributed by atoms with E-state index in [2.05, 4.69) is 10.6 Å². The van der Waals surface area contributed by atoms with Crippen LogP contribution in [0.15, 0.2) is 42.5 Å². The lowest BCUT2D eigenvalue weighted by Crippen LogP contribution is -2.30. The van der Waals surface area contributed by atoms with Gasteiger partial charge in [0.2, 0.25) is 0 Å². The summed E-state index contributed by atoms with van der Waals surface area (Å²) < 4.78 is 11.1. The lowest BCUT2D eigenvalue weighted by molar-refractivity contribution is -0.122. The first-order valence-corrected chi connectivity index (χ1v) is 13.9. The molecule has 2 N–H and O–H groups in total. The van der Waals surface area contributed by atoms with E-state index in [4.69, 9.17) is 9.47 Å². The molecule has 1 atom stereocenters. The lowest BCUT2D eigenvalue weighted by atomic mass is 9.95. The highest BCUT2D eigenvalue weighted by Gasteiger charge is 2.27. The summed E-state index contributed by atoms with van der Waals surface area (Å²) in [4.78, 5) is 39.6. The van der Waals surface area contributed by atoms with E-state index in [0.29, 0.717) is 21.9 Å². The summed E-state index contributed by atoms with van der Waals surface area (Å²) in [6.45, 7) is 7.75. The van der Waals surface area contributed by atoms with E-state index in [-0.39, 0.29) is 18.4 Å². The third kappa shape index (κ3) is 6.07. The highest BCUT2D eigenvalue weighted by molar-refractivity contribution is 7.17. The molecule has 0 unspecified atom stereocenters. The second-order valence-electron chi connectivity index (χ2n) is 9.33. The second kappa shape index (κ2) is 12.3. The Kier molecular flexibility index (Phi) is 8.84. The fraction of sp³-hybridized carbons (Fsp3) is 0.367. The second-order valence-corrected chi connectivity index (χ2v) is 10.4. The highest BCUT2D eigenvalue weighted by atomic mass is 32.1. The van der Waals surface area contributed by atoms with E-state index in [1.165, 1.54) is 11.3 Å². The SMILES string of the molecule is CCOC(=O)c1c(NC(=O)c2ccc(O[C@H](C)C(=O)Nc3c(C)cccc3CC)cc2)sc2c1CCCC2. The van der Waals surface area contributed by atoms with Crippen molar-refractivity contribution in [2.45, 2.75) is 65.9 Å². The van der Waals surface area contributed by atoms with Gasteiger partial charge < -0.3 is 20.1 Å². The van der Waals surface area contributed by atoms with Gasteiger partial charge in [-0.1, -0.05) is 25.1 Å². The van der Waals surface area contributed by atoms with Crippen LogP contribution in [-0.4, -0.2) is 30.5 Å². The van der Waals surface area contributed by atoms with Gasteiger partial charge in [-0.15, -0.1) is 11.3 Å². The summed E-state index contributed by atoms with van der Waals surface area (Å²) >= 11 is 1.46. The largest absolute Gasteiger partial charge is 0.481 e. The molecule has 0 radical (unpaired) electrons. The molecule has 0 saturated carbocycles. The molecule has 0 saturated heterocycles. The van der Waals surface area contributed by atoms with Gasteiger partial charge in [0.1, 0.15) is 10.8 Å². The first kappa shape index (κ1) is 27.4. The first-order valence-electron chi connectivity index (χ1n) is 13.1. The molecule has 38 heavy (non-hydrogen) atoms. The van der Waals surface area contributed by atoms with Crippen LogP contribution in [-0.2, 0) is 28.8 Å². The molecule has 0 spiro atoms. The van der Waals surface area contributed by atoms with Gasteiger partial charge in [0, 0.05) is 16.1 Å². The monoisotopic (exact) mass is 534 g/mol. The number of para-hydroxylation sites is 1. The highest BCUT2D eigenvalue weighted by Crippen LogP contribution is 2.39. The summed E-state index contributed by atoms with van der Waals surface area (Å²) in [5.74, 6) is -0.486. The van der Waals surface area contributed by atoms with Crippen molar-refractivity contribution in [1.82, 2.24) is 0 Å². The number of hydrogen-bond acceptors (Lipinski definition) is 6. The Hall–Kier alpha value is -3.65. The Morgan fingerprint density at radius 3 is 2.45 bits per heavy atom. The van der Waals surface area contributed by atoms with Gasteiger partial charge in [0.05, 0.1) is 12.2 Å². The summed E-state index contributed by atoms with van der Waals surface area (Å²) in [7, 11) is 0. The molecule has 0 bridgehead atoms. The van der Waals surface area contributed by atoms with Gasteiger partial charge in [0.25, 0.3) is 11.8 Å². The van der Waals surface area contributed by atoms with Crippen LogP contribution in [0.2, 0.25) is 0 Å². The number of carbonyl (C=O) groups excluding carboxylic acids is 3. The Balaban J connectivity index is 1.42. The average molecular weight is 535 g/mol. The van der Waals surface area contributed by atoms with E-state index in [1.54, 1.807) is 38.1 Å². The van der Waals surface area contributed by atoms with Crippen LogP contribution >= 0.6 is 11.3 Å². The maximum atomic E-state index is 13.0. The molecule has 3 aromatic rings. The first-order chi connectivity index (χ1) is 18.3. The zero-order valence-corrected chi connectivity index (χ0v) is 23.1. The van der Waals surface area contributed by atoms with E-state index in [9.17, 15) is 14.4 Å². The average Bonchev–Trinajstić information content (AvgIpc) is 3.28. The zero-order chi connectivity index (χ0) is 27.2. The van der Waals surface area contributed by atoms with Crippen LogP contribution in [0.5, 0.6) is 5.75 Å². The molecule has 2 aromatic carbocycles. The smallest absolute Gasteiger partial charge is 0.341 e. The number of fused-ring (bicyclic) bond motifs is 1. The van der Waals surface area contributed by atoms with E-state index >= 15 is 0 Å². The molecule has 0 fully saturated rings. The van der Waals surface area contributed by atoms with Crippen LogP contribution < -0.4 is 15.4 Å². The molecule has 4 rings (SSSR count). The Morgan fingerprint density at radius 2 is 1.74 bits per heavy atom. The van der Waals surface area contributed by atoms with Crippen molar-refractivity contribution >= 4 is 39.8 Å². The fourth-order valence-corrected chi connectivity index (χ4v) is 5.89. The number of thiophene rings is 1. The standard InChI is InChI=1S/C30H34N2O5S/c1-5-20-11-9-10-18(3)26(20)31-27(33)19(4)37-22-16-14-21(15-17-22)28(34)32-29-25(30(35)36-6-2)23-12-7-8-13-24(23)38-29/h9-11,14-17,19H,5-8,12-13H2,1-4H3,(H,31,33)(H,32,34)/t19-/m1/s1. The number of aryl methyl sites for hydroxylation is 3. The van der Waals surface area contributed by atoms with Gasteiger partial charge in [-0.25, -0.2) is 4.79 Å². The number of amides is 2. The number of carbonyl (C=O) groups is 3. The van der Waals surface area contributed by atoms with Crippen LogP contribution in [0.4, 0.5) is 10.7 Å². The third-order valence-corrected chi connectivity index (χ3v) is 7.87. The quantitative estimate of drug-likeness (QED) is 0.313. The molecule has 1 aliphatic rings. The van der Waals surface area contributed by atoms with Crippen molar-refractivity contribution in [1.29, 1.82) is 0 Å². The van der Waals surface area contributed by atoms with Crippen molar-refractivity contribution in [3.8, 4) is 5.75 Å². The van der Waals surface area contributed by atoms with Crippen LogP contribution in [0.3, 0.4) is 0 Å². The number of ether oxygens (including phenoxy) is 2. The molecule has 7 nitrogen and oxygen atoms in total. The van der Waals surface area contributed by atoms with Gasteiger partial charge in [0.15, 0.2) is 6.10 Å². The minimum Gasteiger partial charge on any atom is -0.481 e.